The normalized spacial score (nSPS) is 21.4. The number of aliphatic carboxylic acids is 1. The molecule has 1 amide bonds. The zero-order chi connectivity index (χ0) is 16.5. The summed E-state index contributed by atoms with van der Waals surface area (Å²) in [5, 5.41) is 12.8. The average Bonchev–Trinajstić information content (AvgIpc) is 3.36. The van der Waals surface area contributed by atoms with Gasteiger partial charge in [0.05, 0.1) is 0 Å². The summed E-state index contributed by atoms with van der Waals surface area (Å²) in [6, 6.07) is 7.63. The Hall–Kier alpha value is -1.59. The molecule has 1 saturated heterocycles. The van der Waals surface area contributed by atoms with Crippen LogP contribution in [0.1, 0.15) is 31.2 Å². The topological polar surface area (TPSA) is 75.6 Å². The Morgan fingerprint density at radius 1 is 1.17 bits per heavy atom. The maximum atomic E-state index is 12.3. The first kappa shape index (κ1) is 16.3. The quantitative estimate of drug-likeness (QED) is 0.809. The fourth-order valence-corrected chi connectivity index (χ4v) is 3.61. The fraction of sp³-hybridized carbons (Fsp3) is 0.529. The van der Waals surface area contributed by atoms with Gasteiger partial charge in [0.15, 0.2) is 0 Å². The van der Waals surface area contributed by atoms with Gasteiger partial charge in [0.1, 0.15) is 5.41 Å². The van der Waals surface area contributed by atoms with Crippen molar-refractivity contribution in [1.82, 2.24) is 5.32 Å². The number of rotatable bonds is 5. The van der Waals surface area contributed by atoms with E-state index in [1.54, 1.807) is 0 Å². The first-order chi connectivity index (χ1) is 11.0. The van der Waals surface area contributed by atoms with Crippen LogP contribution >= 0.6 is 11.6 Å². The van der Waals surface area contributed by atoms with Gasteiger partial charge in [-0.25, -0.2) is 0 Å². The largest absolute Gasteiger partial charge is 0.480 e. The maximum Gasteiger partial charge on any atom is 0.319 e. The SMILES string of the molecule is O=C(O)C1(C(=O)NCC2(c3ccccc3Cl)CCOCC2)CC1. The van der Waals surface area contributed by atoms with E-state index in [-0.39, 0.29) is 11.3 Å². The Balaban J connectivity index is 1.79. The Labute approximate surface area is 140 Å². The van der Waals surface area contributed by atoms with Gasteiger partial charge in [-0.1, -0.05) is 29.8 Å². The Kier molecular flexibility index (Phi) is 4.34. The number of ether oxygens (including phenoxy) is 1. The standard InChI is InChI=1S/C17H20ClNO4/c18-13-4-2-1-3-12(13)16(7-9-23-10-8-16)11-19-14(20)17(5-6-17)15(21)22/h1-4H,5-11H2,(H,19,20)(H,21,22). The second-order valence-corrected chi connectivity index (χ2v) is 6.85. The molecular formula is C17H20ClNO4. The first-order valence-electron chi connectivity index (χ1n) is 7.85. The van der Waals surface area contributed by atoms with Crippen molar-refractivity contribution in [2.75, 3.05) is 19.8 Å². The fourth-order valence-electron chi connectivity index (χ4n) is 3.28. The van der Waals surface area contributed by atoms with E-state index < -0.39 is 11.4 Å². The summed E-state index contributed by atoms with van der Waals surface area (Å²) in [6.07, 6.45) is 2.32. The number of nitrogens with one attached hydrogen (secondary N) is 1. The molecule has 0 spiro atoms. The monoisotopic (exact) mass is 337 g/mol. The molecule has 1 aliphatic carbocycles. The highest BCUT2D eigenvalue weighted by atomic mass is 35.5. The summed E-state index contributed by atoms with van der Waals surface area (Å²) in [5.41, 5.74) is -0.529. The molecule has 23 heavy (non-hydrogen) atoms. The Morgan fingerprint density at radius 2 is 1.83 bits per heavy atom. The van der Waals surface area contributed by atoms with Crippen LogP contribution < -0.4 is 5.32 Å². The predicted molar refractivity (Wildman–Crippen MR) is 85.5 cm³/mol. The van der Waals surface area contributed by atoms with Gasteiger partial charge in [-0.15, -0.1) is 0 Å². The van der Waals surface area contributed by atoms with Gasteiger partial charge < -0.3 is 15.2 Å². The van der Waals surface area contributed by atoms with Crippen molar-refractivity contribution in [3.05, 3.63) is 34.9 Å². The second-order valence-electron chi connectivity index (χ2n) is 6.44. The molecule has 0 aromatic heterocycles. The number of carbonyl (C=O) groups excluding carboxylic acids is 1. The van der Waals surface area contributed by atoms with Crippen LogP contribution in [-0.4, -0.2) is 36.7 Å². The van der Waals surface area contributed by atoms with Gasteiger partial charge >= 0.3 is 5.97 Å². The zero-order valence-corrected chi connectivity index (χ0v) is 13.6. The molecule has 2 aliphatic rings. The maximum absolute atomic E-state index is 12.3. The minimum Gasteiger partial charge on any atom is -0.480 e. The van der Waals surface area contributed by atoms with E-state index in [4.69, 9.17) is 16.3 Å². The molecule has 0 radical (unpaired) electrons. The van der Waals surface area contributed by atoms with E-state index in [2.05, 4.69) is 5.32 Å². The highest BCUT2D eigenvalue weighted by Crippen LogP contribution is 2.46. The zero-order valence-electron chi connectivity index (χ0n) is 12.8. The molecule has 0 unspecified atom stereocenters. The second kappa shape index (κ2) is 6.13. The predicted octanol–water partition coefficient (Wildman–Crippen LogP) is 2.37. The number of carbonyl (C=O) groups is 2. The van der Waals surface area contributed by atoms with Gasteiger partial charge in [0.2, 0.25) is 5.91 Å². The van der Waals surface area contributed by atoms with Crippen LogP contribution in [0.4, 0.5) is 0 Å². The summed E-state index contributed by atoms with van der Waals surface area (Å²) in [7, 11) is 0. The molecule has 0 atom stereocenters. The minimum absolute atomic E-state index is 0.305. The molecule has 6 heteroatoms. The lowest BCUT2D eigenvalue weighted by atomic mass is 9.74. The van der Waals surface area contributed by atoms with Crippen LogP contribution in [0.2, 0.25) is 5.02 Å². The Morgan fingerprint density at radius 3 is 2.39 bits per heavy atom. The summed E-state index contributed by atoms with van der Waals surface area (Å²) < 4.78 is 5.46. The smallest absolute Gasteiger partial charge is 0.319 e. The van der Waals surface area contributed by atoms with E-state index in [1.165, 1.54) is 0 Å². The molecule has 1 heterocycles. The first-order valence-corrected chi connectivity index (χ1v) is 8.22. The number of amides is 1. The highest BCUT2D eigenvalue weighted by molar-refractivity contribution is 6.31. The summed E-state index contributed by atoms with van der Waals surface area (Å²) in [5.74, 6) is -1.42. The van der Waals surface area contributed by atoms with Crippen LogP contribution in [0.3, 0.4) is 0 Å². The lowest BCUT2D eigenvalue weighted by molar-refractivity contribution is -0.149. The molecule has 124 valence electrons. The van der Waals surface area contributed by atoms with Crippen LogP contribution in [0, 0.1) is 5.41 Å². The molecule has 2 fully saturated rings. The van der Waals surface area contributed by atoms with Crippen LogP contribution in [0.25, 0.3) is 0 Å². The number of carboxylic acid groups (broad SMARTS) is 1. The average molecular weight is 338 g/mol. The number of hydrogen-bond acceptors (Lipinski definition) is 3. The highest BCUT2D eigenvalue weighted by Gasteiger charge is 2.57. The molecule has 1 saturated carbocycles. The summed E-state index contributed by atoms with van der Waals surface area (Å²) in [4.78, 5) is 23.6. The molecule has 0 bridgehead atoms. The van der Waals surface area contributed by atoms with E-state index in [0.29, 0.717) is 37.6 Å². The lowest BCUT2D eigenvalue weighted by Crippen LogP contribution is -2.47. The van der Waals surface area contributed by atoms with E-state index in [1.807, 2.05) is 24.3 Å². The van der Waals surface area contributed by atoms with Crippen molar-refractivity contribution in [2.45, 2.75) is 31.1 Å². The van der Waals surface area contributed by atoms with Crippen molar-refractivity contribution < 1.29 is 19.4 Å². The van der Waals surface area contributed by atoms with Crippen LogP contribution in [0.15, 0.2) is 24.3 Å². The molecule has 1 aromatic rings. The third-order valence-corrected chi connectivity index (χ3v) is 5.41. The lowest BCUT2D eigenvalue weighted by Gasteiger charge is -2.38. The number of benzene rings is 1. The Bertz CT molecular complexity index is 621. The minimum atomic E-state index is -1.22. The molecule has 3 rings (SSSR count). The number of halogens is 1. The number of hydrogen-bond donors (Lipinski definition) is 2. The van der Waals surface area contributed by atoms with Gasteiger partial charge in [-0.05, 0) is 37.3 Å². The van der Waals surface area contributed by atoms with E-state index >= 15 is 0 Å². The van der Waals surface area contributed by atoms with Crippen molar-refractivity contribution in [1.29, 1.82) is 0 Å². The summed E-state index contributed by atoms with van der Waals surface area (Å²) in [6.45, 7) is 1.59. The molecule has 5 nitrogen and oxygen atoms in total. The van der Waals surface area contributed by atoms with E-state index in [0.717, 1.165) is 18.4 Å². The van der Waals surface area contributed by atoms with Crippen molar-refractivity contribution in [3.8, 4) is 0 Å². The van der Waals surface area contributed by atoms with Crippen molar-refractivity contribution in [2.24, 2.45) is 5.41 Å². The third-order valence-electron chi connectivity index (χ3n) is 5.08. The van der Waals surface area contributed by atoms with Gasteiger partial charge in [0, 0.05) is 30.2 Å². The molecule has 1 aliphatic heterocycles. The van der Waals surface area contributed by atoms with Crippen LogP contribution in [0.5, 0.6) is 0 Å². The third kappa shape index (κ3) is 2.95. The van der Waals surface area contributed by atoms with Crippen molar-refractivity contribution in [3.63, 3.8) is 0 Å². The van der Waals surface area contributed by atoms with Gasteiger partial charge in [0.25, 0.3) is 0 Å². The van der Waals surface area contributed by atoms with Gasteiger partial charge in [-0.3, -0.25) is 9.59 Å². The number of carboxylic acids is 1. The van der Waals surface area contributed by atoms with E-state index in [9.17, 15) is 14.7 Å². The molecule has 2 N–H and O–H groups in total. The van der Waals surface area contributed by atoms with Crippen LogP contribution in [-0.2, 0) is 19.7 Å². The molecular weight excluding hydrogens is 318 g/mol. The molecule has 1 aromatic carbocycles. The summed E-state index contributed by atoms with van der Waals surface area (Å²) >= 11 is 6.37. The van der Waals surface area contributed by atoms with Crippen molar-refractivity contribution >= 4 is 23.5 Å². The van der Waals surface area contributed by atoms with Gasteiger partial charge in [-0.2, -0.15) is 0 Å².